The normalized spacial score (nSPS) is 15.9. The van der Waals surface area contributed by atoms with Gasteiger partial charge in [-0.3, -0.25) is 14.8 Å². The largest absolute Gasteiger partial charge is 0.452 e. The summed E-state index contributed by atoms with van der Waals surface area (Å²) < 4.78 is 20.4. The summed E-state index contributed by atoms with van der Waals surface area (Å²) in [6.07, 6.45) is 2.20. The average Bonchev–Trinajstić information content (AvgIpc) is 2.75. The molecule has 3 aromatic rings. The fourth-order valence-corrected chi connectivity index (χ4v) is 3.70. The van der Waals surface area contributed by atoms with Crippen molar-refractivity contribution >= 4 is 17.4 Å². The van der Waals surface area contributed by atoms with Crippen LogP contribution in [0.4, 0.5) is 4.39 Å². The molecule has 160 valence electrons. The lowest BCUT2D eigenvalue weighted by atomic mass is 10.0. The minimum Gasteiger partial charge on any atom is -0.452 e. The van der Waals surface area contributed by atoms with Gasteiger partial charge in [0.25, 0.3) is 0 Å². The van der Waals surface area contributed by atoms with Crippen molar-refractivity contribution in [3.05, 3.63) is 87.4 Å². The molecule has 1 atom stereocenters. The number of ether oxygens (including phenoxy) is 1. The van der Waals surface area contributed by atoms with Gasteiger partial charge in [-0.2, -0.15) is 0 Å². The quantitative estimate of drug-likeness (QED) is 0.571. The van der Waals surface area contributed by atoms with Crippen molar-refractivity contribution in [1.82, 2.24) is 10.5 Å². The fourth-order valence-electron chi connectivity index (χ4n) is 3.38. The highest BCUT2D eigenvalue weighted by Crippen LogP contribution is 2.30. The van der Waals surface area contributed by atoms with Crippen molar-refractivity contribution in [2.75, 3.05) is 6.61 Å². The molecule has 1 unspecified atom stereocenters. The number of benzene rings is 2. The van der Waals surface area contributed by atoms with E-state index in [9.17, 15) is 4.39 Å². The summed E-state index contributed by atoms with van der Waals surface area (Å²) in [4.78, 5) is 14.7. The molecule has 0 bridgehead atoms. The first-order valence-corrected chi connectivity index (χ1v) is 10.4. The van der Waals surface area contributed by atoms with Crippen molar-refractivity contribution in [3.8, 4) is 11.5 Å². The molecule has 0 spiro atoms. The molecule has 1 aliphatic heterocycles. The molecule has 7 heteroatoms. The minimum absolute atomic E-state index is 0.131. The molecule has 0 aliphatic carbocycles. The van der Waals surface area contributed by atoms with Gasteiger partial charge in [0, 0.05) is 10.7 Å². The van der Waals surface area contributed by atoms with Gasteiger partial charge in [0.05, 0.1) is 24.4 Å². The van der Waals surface area contributed by atoms with Gasteiger partial charge in [0.1, 0.15) is 0 Å². The number of aryl methyl sites for hydroxylation is 3. The SMILES string of the molecule is Cc1ccc(CC2CONC(c3cc(C)ncc3Oc3cccc(C)c3F)=N2)c(Cl)c1. The van der Waals surface area contributed by atoms with E-state index in [4.69, 9.17) is 26.2 Å². The molecule has 31 heavy (non-hydrogen) atoms. The summed E-state index contributed by atoms with van der Waals surface area (Å²) in [5.41, 5.74) is 6.92. The van der Waals surface area contributed by atoms with E-state index in [0.717, 1.165) is 16.8 Å². The van der Waals surface area contributed by atoms with Crippen LogP contribution >= 0.6 is 11.6 Å². The molecule has 2 aromatic carbocycles. The zero-order valence-electron chi connectivity index (χ0n) is 17.6. The van der Waals surface area contributed by atoms with Crippen LogP contribution in [0.25, 0.3) is 0 Å². The average molecular weight is 440 g/mol. The molecule has 1 aromatic heterocycles. The molecule has 0 radical (unpaired) electrons. The first kappa shape index (κ1) is 21.3. The third-order valence-corrected chi connectivity index (χ3v) is 5.41. The summed E-state index contributed by atoms with van der Waals surface area (Å²) in [5.74, 6) is 0.620. The maximum absolute atomic E-state index is 14.5. The van der Waals surface area contributed by atoms with E-state index in [1.807, 2.05) is 38.1 Å². The number of amidine groups is 1. The van der Waals surface area contributed by atoms with Gasteiger partial charge in [-0.05, 0) is 62.1 Å². The lowest BCUT2D eigenvalue weighted by Crippen LogP contribution is -2.37. The lowest BCUT2D eigenvalue weighted by molar-refractivity contribution is 0.0623. The molecule has 0 fully saturated rings. The Labute approximate surface area is 185 Å². The van der Waals surface area contributed by atoms with Crippen molar-refractivity contribution in [3.63, 3.8) is 0 Å². The summed E-state index contributed by atoms with van der Waals surface area (Å²) in [5, 5.41) is 0.717. The second-order valence-corrected chi connectivity index (χ2v) is 8.06. The Bertz CT molecular complexity index is 1150. The van der Waals surface area contributed by atoms with Crippen molar-refractivity contribution in [2.24, 2.45) is 4.99 Å². The number of nitrogens with one attached hydrogen (secondary N) is 1. The van der Waals surface area contributed by atoms with E-state index in [0.29, 0.717) is 40.8 Å². The van der Waals surface area contributed by atoms with Crippen LogP contribution in [-0.2, 0) is 11.3 Å². The Morgan fingerprint density at radius 3 is 2.81 bits per heavy atom. The first-order valence-electron chi connectivity index (χ1n) is 10.0. The van der Waals surface area contributed by atoms with E-state index in [2.05, 4.69) is 10.5 Å². The number of hydroxylamine groups is 1. The molecular weight excluding hydrogens is 417 g/mol. The molecule has 0 saturated carbocycles. The molecule has 2 heterocycles. The number of rotatable bonds is 5. The highest BCUT2D eigenvalue weighted by atomic mass is 35.5. The van der Waals surface area contributed by atoms with Gasteiger partial charge in [-0.25, -0.2) is 9.87 Å². The van der Waals surface area contributed by atoms with E-state index in [1.165, 1.54) is 0 Å². The number of hydrogen-bond donors (Lipinski definition) is 1. The predicted octanol–water partition coefficient (Wildman–Crippen LogP) is 5.48. The van der Waals surface area contributed by atoms with Crippen molar-refractivity contribution in [2.45, 2.75) is 33.2 Å². The number of pyridine rings is 1. The number of halogens is 2. The summed E-state index contributed by atoms with van der Waals surface area (Å²) in [7, 11) is 0. The smallest absolute Gasteiger partial charge is 0.168 e. The number of nitrogens with zero attached hydrogens (tertiary/aromatic N) is 2. The van der Waals surface area contributed by atoms with Crippen LogP contribution in [0.15, 0.2) is 53.7 Å². The molecule has 0 amide bonds. The number of aliphatic imine (C=N–C) groups is 1. The highest BCUT2D eigenvalue weighted by Gasteiger charge is 2.22. The van der Waals surface area contributed by atoms with E-state index < -0.39 is 5.82 Å². The second kappa shape index (κ2) is 9.04. The molecule has 1 aliphatic rings. The van der Waals surface area contributed by atoms with E-state index >= 15 is 0 Å². The van der Waals surface area contributed by atoms with E-state index in [-0.39, 0.29) is 11.8 Å². The Balaban J connectivity index is 1.64. The summed E-state index contributed by atoms with van der Waals surface area (Å²) in [6, 6.07) is 12.7. The van der Waals surface area contributed by atoms with Crippen molar-refractivity contribution in [1.29, 1.82) is 0 Å². The zero-order chi connectivity index (χ0) is 22.0. The van der Waals surface area contributed by atoms with Crippen LogP contribution in [-0.4, -0.2) is 23.5 Å². The molecule has 1 N–H and O–H groups in total. The molecule has 4 rings (SSSR count). The minimum atomic E-state index is -0.407. The zero-order valence-corrected chi connectivity index (χ0v) is 18.3. The molecular formula is C24H23ClFN3O2. The Morgan fingerprint density at radius 2 is 2.00 bits per heavy atom. The summed E-state index contributed by atoms with van der Waals surface area (Å²) >= 11 is 6.40. The third kappa shape index (κ3) is 4.86. The maximum Gasteiger partial charge on any atom is 0.168 e. The lowest BCUT2D eigenvalue weighted by Gasteiger charge is -2.23. The molecule has 5 nitrogen and oxygen atoms in total. The molecule has 0 saturated heterocycles. The van der Waals surface area contributed by atoms with Gasteiger partial charge in [-0.1, -0.05) is 35.9 Å². The van der Waals surface area contributed by atoms with Crippen molar-refractivity contribution < 1.29 is 14.0 Å². The van der Waals surface area contributed by atoms with Crippen LogP contribution in [0, 0.1) is 26.6 Å². The highest BCUT2D eigenvalue weighted by molar-refractivity contribution is 6.31. The van der Waals surface area contributed by atoms with Crippen LogP contribution in [0.1, 0.15) is 27.9 Å². The second-order valence-electron chi connectivity index (χ2n) is 7.65. The fraction of sp³-hybridized carbons (Fsp3) is 0.250. The van der Waals surface area contributed by atoms with Gasteiger partial charge in [0.2, 0.25) is 0 Å². The van der Waals surface area contributed by atoms with Crippen LogP contribution in [0.5, 0.6) is 11.5 Å². The third-order valence-electron chi connectivity index (χ3n) is 5.06. The topological polar surface area (TPSA) is 55.7 Å². The monoisotopic (exact) mass is 439 g/mol. The first-order chi connectivity index (χ1) is 14.9. The Morgan fingerprint density at radius 1 is 1.16 bits per heavy atom. The van der Waals surface area contributed by atoms with Crippen LogP contribution in [0.2, 0.25) is 5.02 Å². The maximum atomic E-state index is 14.5. The van der Waals surface area contributed by atoms with Gasteiger partial charge >= 0.3 is 0 Å². The standard InChI is InChI=1S/C24H23ClFN3O2/c1-14-7-8-17(20(25)9-14)11-18-13-30-29-24(28-18)19-10-16(3)27-12-22(19)31-21-6-4-5-15(2)23(21)26/h4-10,12,18H,11,13H2,1-3H3,(H,28,29). The van der Waals surface area contributed by atoms with Crippen LogP contribution < -0.4 is 10.2 Å². The van der Waals surface area contributed by atoms with Crippen LogP contribution in [0.3, 0.4) is 0 Å². The number of hydrogen-bond acceptors (Lipinski definition) is 5. The Kier molecular flexibility index (Phi) is 6.20. The Hall–Kier alpha value is -2.96. The van der Waals surface area contributed by atoms with E-state index in [1.54, 1.807) is 31.3 Å². The van der Waals surface area contributed by atoms with Gasteiger partial charge in [-0.15, -0.1) is 0 Å². The summed E-state index contributed by atoms with van der Waals surface area (Å²) in [6.45, 7) is 5.97. The number of aromatic nitrogens is 1. The predicted molar refractivity (Wildman–Crippen MR) is 119 cm³/mol. The van der Waals surface area contributed by atoms with Gasteiger partial charge < -0.3 is 4.74 Å². The van der Waals surface area contributed by atoms with Gasteiger partial charge in [0.15, 0.2) is 23.2 Å².